The number of likely N-dealkylation sites (N-methyl/N-ethyl adjacent to an activating group) is 1. The van der Waals surface area contributed by atoms with Crippen LogP contribution in [0.15, 0.2) is 30.3 Å². The van der Waals surface area contributed by atoms with E-state index in [1.165, 1.54) is 0 Å². The molecule has 2 aliphatic rings. The van der Waals surface area contributed by atoms with Gasteiger partial charge in [0.05, 0.1) is 11.7 Å². The molecule has 0 amide bonds. The molecule has 0 spiro atoms. The Labute approximate surface area is 137 Å². The molecule has 126 valence electrons. The van der Waals surface area contributed by atoms with Crippen LogP contribution in [0.25, 0.3) is 0 Å². The summed E-state index contributed by atoms with van der Waals surface area (Å²) in [6, 6.07) is 9.79. The molecule has 0 radical (unpaired) electrons. The third kappa shape index (κ3) is 3.58. The number of esters is 1. The largest absolute Gasteiger partial charge is 0.460 e. The maximum atomic E-state index is 12.7. The molecule has 1 aromatic carbocycles. The molecule has 0 aliphatic carbocycles. The molecule has 5 nitrogen and oxygen atoms in total. The second-order valence-corrected chi connectivity index (χ2v) is 8.92. The molecule has 2 fully saturated rings. The third-order valence-corrected chi connectivity index (χ3v) is 5.99. The van der Waals surface area contributed by atoms with Crippen molar-refractivity contribution in [1.82, 2.24) is 4.90 Å². The molecule has 2 bridgehead atoms. The zero-order chi connectivity index (χ0) is 16.6. The van der Waals surface area contributed by atoms with E-state index < -0.39 is 21.7 Å². The van der Waals surface area contributed by atoms with Crippen molar-refractivity contribution in [2.45, 2.75) is 43.4 Å². The first kappa shape index (κ1) is 16.5. The summed E-state index contributed by atoms with van der Waals surface area (Å²) < 4.78 is 29.2. The lowest BCUT2D eigenvalue weighted by Crippen LogP contribution is -2.35. The summed E-state index contributed by atoms with van der Waals surface area (Å²) in [6.45, 7) is 0. The van der Waals surface area contributed by atoms with Crippen LogP contribution in [0.5, 0.6) is 0 Å². The normalized spacial score (nSPS) is 28.7. The summed E-state index contributed by atoms with van der Waals surface area (Å²) in [6.07, 6.45) is 4.09. The minimum atomic E-state index is -3.28. The lowest BCUT2D eigenvalue weighted by Gasteiger charge is -2.24. The van der Waals surface area contributed by atoms with E-state index in [1.807, 2.05) is 18.2 Å². The topological polar surface area (TPSA) is 63.7 Å². The van der Waals surface area contributed by atoms with Gasteiger partial charge in [0.2, 0.25) is 0 Å². The van der Waals surface area contributed by atoms with Crippen LogP contribution < -0.4 is 0 Å². The third-order valence-electron chi connectivity index (χ3n) is 5.05. The summed E-state index contributed by atoms with van der Waals surface area (Å²) in [5.41, 5.74) is 0.694. The van der Waals surface area contributed by atoms with E-state index in [2.05, 4.69) is 11.9 Å². The number of rotatable bonds is 5. The van der Waals surface area contributed by atoms with Crippen molar-refractivity contribution in [2.75, 3.05) is 19.1 Å². The summed E-state index contributed by atoms with van der Waals surface area (Å²) in [5, 5.41) is 0. The van der Waals surface area contributed by atoms with Crippen molar-refractivity contribution in [3.8, 4) is 0 Å². The highest BCUT2D eigenvalue weighted by Gasteiger charge is 2.46. The molecule has 2 heterocycles. The Morgan fingerprint density at radius 1 is 1.30 bits per heavy atom. The molecule has 0 unspecified atom stereocenters. The number of carbonyl (C=O) groups is 1. The van der Waals surface area contributed by atoms with Crippen LogP contribution in [0.3, 0.4) is 0 Å². The van der Waals surface area contributed by atoms with E-state index in [1.54, 1.807) is 12.1 Å². The maximum Gasteiger partial charge on any atom is 0.314 e. The fourth-order valence-electron chi connectivity index (χ4n) is 3.85. The number of sulfone groups is 1. The smallest absolute Gasteiger partial charge is 0.314 e. The molecule has 2 aliphatic heterocycles. The first-order valence-corrected chi connectivity index (χ1v) is 10.1. The Morgan fingerprint density at radius 3 is 2.52 bits per heavy atom. The lowest BCUT2D eigenvalue weighted by molar-refractivity contribution is -0.151. The SMILES string of the molecule is CN1[C@@H]2CC[C@@H]1[C@@H](OC(=O)[C@H](CS(C)(=O)=O)c1ccccc1)C2. The summed E-state index contributed by atoms with van der Waals surface area (Å²) in [4.78, 5) is 14.9. The van der Waals surface area contributed by atoms with Gasteiger partial charge in [-0.25, -0.2) is 8.42 Å². The highest BCUT2D eigenvalue weighted by molar-refractivity contribution is 7.90. The van der Waals surface area contributed by atoms with E-state index in [-0.39, 0.29) is 17.9 Å². The lowest BCUT2D eigenvalue weighted by atomic mass is 9.97. The van der Waals surface area contributed by atoms with Crippen LogP contribution in [0.1, 0.15) is 30.7 Å². The van der Waals surface area contributed by atoms with Crippen molar-refractivity contribution in [3.05, 3.63) is 35.9 Å². The minimum Gasteiger partial charge on any atom is -0.460 e. The molecule has 2 saturated heterocycles. The maximum absolute atomic E-state index is 12.7. The van der Waals surface area contributed by atoms with Crippen molar-refractivity contribution < 1.29 is 17.9 Å². The number of fused-ring (bicyclic) bond motifs is 2. The van der Waals surface area contributed by atoms with Gasteiger partial charge in [0.15, 0.2) is 0 Å². The van der Waals surface area contributed by atoms with Crippen molar-refractivity contribution in [2.24, 2.45) is 0 Å². The van der Waals surface area contributed by atoms with Crippen LogP contribution in [-0.2, 0) is 19.4 Å². The fraction of sp³-hybridized carbons (Fsp3) is 0.588. The predicted molar refractivity (Wildman–Crippen MR) is 88.0 cm³/mol. The van der Waals surface area contributed by atoms with Crippen molar-refractivity contribution in [3.63, 3.8) is 0 Å². The Morgan fingerprint density at radius 2 is 2.00 bits per heavy atom. The zero-order valence-corrected chi connectivity index (χ0v) is 14.3. The van der Waals surface area contributed by atoms with Crippen LogP contribution in [-0.4, -0.2) is 56.5 Å². The number of ether oxygens (including phenoxy) is 1. The highest BCUT2D eigenvalue weighted by Crippen LogP contribution is 2.38. The van der Waals surface area contributed by atoms with Crippen molar-refractivity contribution in [1.29, 1.82) is 0 Å². The Bertz CT molecular complexity index is 673. The van der Waals surface area contributed by atoms with E-state index in [0.717, 1.165) is 25.5 Å². The van der Waals surface area contributed by atoms with Gasteiger partial charge in [0, 0.05) is 24.8 Å². The summed E-state index contributed by atoms with van der Waals surface area (Å²) in [7, 11) is -1.21. The van der Waals surface area contributed by atoms with E-state index in [9.17, 15) is 13.2 Å². The minimum absolute atomic E-state index is 0.114. The molecule has 0 aromatic heterocycles. The van der Waals surface area contributed by atoms with E-state index in [4.69, 9.17) is 4.74 Å². The monoisotopic (exact) mass is 337 g/mol. The van der Waals surface area contributed by atoms with Gasteiger partial charge in [-0.05, 0) is 25.5 Å². The van der Waals surface area contributed by atoms with Gasteiger partial charge >= 0.3 is 5.97 Å². The summed E-state index contributed by atoms with van der Waals surface area (Å²) >= 11 is 0. The van der Waals surface area contributed by atoms with Gasteiger partial charge in [-0.3, -0.25) is 9.69 Å². The number of hydrogen-bond donors (Lipinski definition) is 0. The van der Waals surface area contributed by atoms with Gasteiger partial charge < -0.3 is 4.74 Å². The second-order valence-electron chi connectivity index (χ2n) is 6.73. The molecule has 0 saturated carbocycles. The molecule has 3 rings (SSSR count). The van der Waals surface area contributed by atoms with Crippen LogP contribution >= 0.6 is 0 Å². The average Bonchev–Trinajstić information content (AvgIpc) is 2.99. The van der Waals surface area contributed by atoms with Gasteiger partial charge in [-0.1, -0.05) is 30.3 Å². The quantitative estimate of drug-likeness (QED) is 0.764. The second kappa shape index (κ2) is 6.24. The molecular weight excluding hydrogens is 314 g/mol. The molecule has 0 N–H and O–H groups in total. The van der Waals surface area contributed by atoms with Gasteiger partial charge in [-0.2, -0.15) is 0 Å². The molecule has 6 heteroatoms. The number of carbonyl (C=O) groups excluding carboxylic acids is 1. The molecule has 23 heavy (non-hydrogen) atoms. The fourth-order valence-corrected chi connectivity index (χ4v) is 4.78. The van der Waals surface area contributed by atoms with Crippen molar-refractivity contribution >= 4 is 15.8 Å². The Hall–Kier alpha value is -1.40. The predicted octanol–water partition coefficient (Wildman–Crippen LogP) is 1.59. The zero-order valence-electron chi connectivity index (χ0n) is 13.5. The highest BCUT2D eigenvalue weighted by atomic mass is 32.2. The molecule has 4 atom stereocenters. The number of hydrogen-bond acceptors (Lipinski definition) is 5. The van der Waals surface area contributed by atoms with Crippen LogP contribution in [0.2, 0.25) is 0 Å². The molecule has 1 aromatic rings. The summed E-state index contributed by atoms with van der Waals surface area (Å²) in [5.74, 6) is -1.39. The first-order valence-electron chi connectivity index (χ1n) is 8.00. The van der Waals surface area contributed by atoms with E-state index in [0.29, 0.717) is 11.6 Å². The van der Waals surface area contributed by atoms with Gasteiger partial charge in [0.1, 0.15) is 15.9 Å². The Balaban J connectivity index is 1.76. The van der Waals surface area contributed by atoms with Crippen LogP contribution in [0.4, 0.5) is 0 Å². The first-order chi connectivity index (χ1) is 10.8. The van der Waals surface area contributed by atoms with E-state index >= 15 is 0 Å². The Kier molecular flexibility index (Phi) is 4.47. The molecular formula is C17H23NO4S. The number of nitrogens with zero attached hydrogens (tertiary/aromatic N) is 1. The van der Waals surface area contributed by atoms with Gasteiger partial charge in [-0.15, -0.1) is 0 Å². The van der Waals surface area contributed by atoms with Crippen LogP contribution in [0, 0.1) is 0 Å². The van der Waals surface area contributed by atoms with Gasteiger partial charge in [0.25, 0.3) is 0 Å². The average molecular weight is 337 g/mol. The number of benzene rings is 1. The standard InChI is InChI=1S/C17H23NO4S/c1-18-13-8-9-15(18)16(10-13)22-17(19)14(11-23(2,20)21)12-6-4-3-5-7-12/h3-7,13-16H,8-11H2,1-2H3/t13-,14-,15-,16+/m1/s1.